The first kappa shape index (κ1) is 23.9. The average molecular weight is 478 g/mol. The summed E-state index contributed by atoms with van der Waals surface area (Å²) in [5, 5.41) is 39.0. The monoisotopic (exact) mass is 478 g/mol. The molecule has 1 aliphatic carbocycles. The Labute approximate surface area is 192 Å². The van der Waals surface area contributed by atoms with Gasteiger partial charge in [-0.3, -0.25) is 5.41 Å². The van der Waals surface area contributed by atoms with Crippen molar-refractivity contribution in [2.24, 2.45) is 28.1 Å². The van der Waals surface area contributed by atoms with E-state index in [-0.39, 0.29) is 24.2 Å². The molecule has 5 unspecified atom stereocenters. The number of nitrogens with zero attached hydrogens (tertiary/aromatic N) is 3. The molecule has 0 radical (unpaired) electrons. The minimum Gasteiger partial charge on any atom is -0.447 e. The summed E-state index contributed by atoms with van der Waals surface area (Å²) >= 11 is 0. The second-order valence-electron chi connectivity index (χ2n) is 10.1. The number of halogens is 5. The van der Waals surface area contributed by atoms with Crippen LogP contribution in [0, 0.1) is 96.6 Å². The van der Waals surface area contributed by atoms with Gasteiger partial charge in [0, 0.05) is 6.42 Å². The van der Waals surface area contributed by atoms with Crippen molar-refractivity contribution in [1.82, 2.24) is 0 Å². The maximum Gasteiger partial charge on any atom is 0.217 e. The minimum atomic E-state index is -2.85. The molecular weight excluding hydrogens is 459 g/mol. The lowest BCUT2D eigenvalue weighted by Gasteiger charge is -2.54. The summed E-state index contributed by atoms with van der Waals surface area (Å²) in [6.45, 7) is 5.85. The van der Waals surface area contributed by atoms with Gasteiger partial charge in [-0.05, 0) is 24.2 Å². The van der Waals surface area contributed by atoms with Gasteiger partial charge in [-0.15, -0.1) is 0 Å². The number of rotatable bonds is 1. The summed E-state index contributed by atoms with van der Waals surface area (Å²) in [6, 6.07) is 4.93. The number of ether oxygens (including phenoxy) is 2. The van der Waals surface area contributed by atoms with Gasteiger partial charge in [-0.1, -0.05) is 20.8 Å². The molecule has 0 amide bonds. The van der Waals surface area contributed by atoms with Gasteiger partial charge >= 0.3 is 0 Å². The Morgan fingerprint density at radius 1 is 0.912 bits per heavy atom. The summed E-state index contributed by atoms with van der Waals surface area (Å²) in [6.07, 6.45) is -1.76. The molecule has 4 rings (SSSR count). The van der Waals surface area contributed by atoms with Gasteiger partial charge in [0.2, 0.25) is 22.9 Å². The predicted molar refractivity (Wildman–Crippen MR) is 104 cm³/mol. The molecule has 178 valence electrons. The number of nitrogens with one attached hydrogen (secondary N) is 1. The summed E-state index contributed by atoms with van der Waals surface area (Å²) in [4.78, 5) is 0. The molecule has 3 aliphatic rings. The fourth-order valence-corrected chi connectivity index (χ4v) is 5.74. The molecule has 2 saturated heterocycles. The lowest BCUT2D eigenvalue weighted by Crippen LogP contribution is -2.61. The normalized spacial score (nSPS) is 33.8. The van der Waals surface area contributed by atoms with Crippen LogP contribution in [-0.4, -0.2) is 11.7 Å². The fraction of sp³-hybridized carbons (Fsp3) is 0.565. The molecule has 0 spiro atoms. The first-order valence-corrected chi connectivity index (χ1v) is 10.5. The summed E-state index contributed by atoms with van der Waals surface area (Å²) in [7, 11) is 0. The SMILES string of the molecule is CC(C)(C)C1CCC23OC(=N)C(C#N)(C2C1)C(C#N)(C#N)C(c1c(F)c(F)c(F)c(F)c1F)O3. The van der Waals surface area contributed by atoms with Crippen LogP contribution in [0.2, 0.25) is 0 Å². The van der Waals surface area contributed by atoms with Gasteiger partial charge in [0.05, 0.1) is 29.7 Å². The van der Waals surface area contributed by atoms with Crippen LogP contribution in [0.15, 0.2) is 0 Å². The lowest BCUT2D eigenvalue weighted by molar-refractivity contribution is -0.302. The maximum absolute atomic E-state index is 14.8. The van der Waals surface area contributed by atoms with Crippen molar-refractivity contribution in [1.29, 1.82) is 21.2 Å². The van der Waals surface area contributed by atoms with E-state index in [1.165, 1.54) is 0 Å². The van der Waals surface area contributed by atoms with E-state index in [4.69, 9.17) is 14.9 Å². The van der Waals surface area contributed by atoms with Crippen LogP contribution in [0.5, 0.6) is 0 Å². The molecule has 2 heterocycles. The Balaban J connectivity index is 2.04. The Kier molecular flexibility index (Phi) is 5.02. The molecule has 1 aromatic carbocycles. The topological polar surface area (TPSA) is 114 Å². The third-order valence-electron chi connectivity index (χ3n) is 7.64. The average Bonchev–Trinajstić information content (AvgIpc) is 3.00. The zero-order valence-corrected chi connectivity index (χ0v) is 18.4. The highest BCUT2D eigenvalue weighted by Crippen LogP contribution is 2.71. The van der Waals surface area contributed by atoms with E-state index >= 15 is 0 Å². The first-order chi connectivity index (χ1) is 15.8. The Morgan fingerprint density at radius 3 is 1.91 bits per heavy atom. The van der Waals surface area contributed by atoms with E-state index in [1.807, 2.05) is 26.8 Å². The molecule has 2 aliphatic heterocycles. The molecule has 34 heavy (non-hydrogen) atoms. The van der Waals surface area contributed by atoms with Crippen molar-refractivity contribution in [3.05, 3.63) is 34.6 Å². The first-order valence-electron chi connectivity index (χ1n) is 10.5. The molecule has 6 nitrogen and oxygen atoms in total. The zero-order valence-electron chi connectivity index (χ0n) is 18.4. The van der Waals surface area contributed by atoms with E-state index in [0.717, 1.165) is 0 Å². The molecule has 0 aromatic heterocycles. The highest BCUT2D eigenvalue weighted by molar-refractivity contribution is 5.89. The number of nitriles is 3. The smallest absolute Gasteiger partial charge is 0.217 e. The largest absolute Gasteiger partial charge is 0.447 e. The molecule has 5 atom stereocenters. The fourth-order valence-electron chi connectivity index (χ4n) is 5.74. The Bertz CT molecular complexity index is 1200. The predicted octanol–water partition coefficient (Wildman–Crippen LogP) is 5.16. The highest BCUT2D eigenvalue weighted by Gasteiger charge is 2.81. The van der Waals surface area contributed by atoms with Crippen molar-refractivity contribution >= 4 is 5.90 Å². The quantitative estimate of drug-likeness (QED) is 0.340. The number of hydrogen-bond acceptors (Lipinski definition) is 6. The highest BCUT2D eigenvalue weighted by atomic mass is 19.2. The van der Waals surface area contributed by atoms with Crippen LogP contribution >= 0.6 is 0 Å². The molecule has 2 bridgehead atoms. The summed E-state index contributed by atoms with van der Waals surface area (Å²) in [5.41, 5.74) is -7.04. The van der Waals surface area contributed by atoms with Gasteiger partial charge in [0.25, 0.3) is 0 Å². The second kappa shape index (κ2) is 7.13. The number of benzene rings is 1. The number of hydrogen-bond donors (Lipinski definition) is 1. The van der Waals surface area contributed by atoms with Crippen LogP contribution in [-0.2, 0) is 9.47 Å². The Morgan fingerprint density at radius 2 is 1.44 bits per heavy atom. The van der Waals surface area contributed by atoms with E-state index in [1.54, 1.807) is 12.1 Å². The van der Waals surface area contributed by atoms with Gasteiger partial charge in [0.15, 0.2) is 28.7 Å². The van der Waals surface area contributed by atoms with Crippen molar-refractivity contribution in [2.45, 2.75) is 51.9 Å². The van der Waals surface area contributed by atoms with E-state index in [2.05, 4.69) is 0 Å². The molecule has 1 saturated carbocycles. The standard InChI is InChI=1S/C23H19F5N4O2/c1-20(2,3)10-4-5-23-11(6-10)22(9-31,19(32)34-23)21(7-29,8-30)18(33-23)12-13(24)15(26)17(28)16(27)14(12)25/h10-11,18,32H,4-6H2,1-3H3. The van der Waals surface area contributed by atoms with E-state index in [0.29, 0.717) is 6.42 Å². The van der Waals surface area contributed by atoms with E-state index < -0.39 is 69.2 Å². The van der Waals surface area contributed by atoms with Crippen LogP contribution in [0.4, 0.5) is 22.0 Å². The molecular formula is C23H19F5N4O2. The van der Waals surface area contributed by atoms with Gasteiger partial charge in [-0.2, -0.15) is 15.8 Å². The van der Waals surface area contributed by atoms with Gasteiger partial charge in [-0.25, -0.2) is 22.0 Å². The third kappa shape index (κ3) is 2.58. The molecule has 1 aromatic rings. The maximum atomic E-state index is 14.8. The molecule has 3 fully saturated rings. The second-order valence-corrected chi connectivity index (χ2v) is 10.1. The van der Waals surface area contributed by atoms with E-state index in [9.17, 15) is 37.7 Å². The van der Waals surface area contributed by atoms with Gasteiger partial charge in [0.1, 0.15) is 6.10 Å². The van der Waals surface area contributed by atoms with Crippen LogP contribution in [0.3, 0.4) is 0 Å². The van der Waals surface area contributed by atoms with Crippen molar-refractivity contribution < 1.29 is 31.4 Å². The van der Waals surface area contributed by atoms with Crippen molar-refractivity contribution in [3.8, 4) is 18.2 Å². The third-order valence-corrected chi connectivity index (χ3v) is 7.64. The Hall–Kier alpha value is -3.23. The van der Waals surface area contributed by atoms with Crippen molar-refractivity contribution in [3.63, 3.8) is 0 Å². The zero-order chi connectivity index (χ0) is 25.4. The van der Waals surface area contributed by atoms with Crippen LogP contribution in [0.25, 0.3) is 0 Å². The van der Waals surface area contributed by atoms with Gasteiger partial charge < -0.3 is 9.47 Å². The van der Waals surface area contributed by atoms with Crippen LogP contribution in [0.1, 0.15) is 51.7 Å². The summed E-state index contributed by atoms with van der Waals surface area (Å²) < 4.78 is 83.0. The molecule has 1 N–H and O–H groups in total. The lowest BCUT2D eigenvalue weighted by atomic mass is 9.49. The van der Waals surface area contributed by atoms with Crippen LogP contribution < -0.4 is 0 Å². The minimum absolute atomic E-state index is 0.0181. The molecule has 11 heteroatoms. The summed E-state index contributed by atoms with van der Waals surface area (Å²) in [5.74, 6) is -15.3. The van der Waals surface area contributed by atoms with Crippen molar-refractivity contribution in [2.75, 3.05) is 0 Å².